The lowest BCUT2D eigenvalue weighted by atomic mass is 10.1. The van der Waals surface area contributed by atoms with E-state index >= 15 is 0 Å². The largest absolute Gasteiger partial charge is 0.508 e. The molecule has 22 heavy (non-hydrogen) atoms. The van der Waals surface area contributed by atoms with Gasteiger partial charge >= 0.3 is 0 Å². The number of hydrogen-bond donors (Lipinski definition) is 2. The lowest BCUT2D eigenvalue weighted by molar-refractivity contribution is 0.453. The average Bonchev–Trinajstić information content (AvgIpc) is 2.41. The van der Waals surface area contributed by atoms with E-state index in [1.165, 1.54) is 12.1 Å². The minimum absolute atomic E-state index is 0.0678. The number of rotatable bonds is 2. The van der Waals surface area contributed by atoms with Crippen LogP contribution in [0.4, 0.5) is 0 Å². The Morgan fingerprint density at radius 1 is 0.818 bits per heavy atom. The summed E-state index contributed by atoms with van der Waals surface area (Å²) >= 11 is 0. The van der Waals surface area contributed by atoms with E-state index in [0.717, 1.165) is 5.56 Å². The predicted molar refractivity (Wildman–Crippen MR) is 85.4 cm³/mol. The van der Waals surface area contributed by atoms with Crippen LogP contribution in [0.5, 0.6) is 11.5 Å². The molecule has 2 rings (SSSR count). The van der Waals surface area contributed by atoms with Gasteiger partial charge in [-0.25, -0.2) is 8.42 Å². The molecule has 0 heterocycles. The molecule has 0 aliphatic carbocycles. The minimum Gasteiger partial charge on any atom is -0.508 e. The summed E-state index contributed by atoms with van der Waals surface area (Å²) in [5, 5.41) is 20.1. The van der Waals surface area contributed by atoms with Crippen LogP contribution in [-0.2, 0) is 9.84 Å². The summed E-state index contributed by atoms with van der Waals surface area (Å²) in [6, 6.07) is 4.54. The summed E-state index contributed by atoms with van der Waals surface area (Å²) < 4.78 is 26.0. The molecule has 0 spiro atoms. The molecular weight excluding hydrogens is 300 g/mol. The lowest BCUT2D eigenvalue weighted by Crippen LogP contribution is -2.09. The van der Waals surface area contributed by atoms with Gasteiger partial charge in [0, 0.05) is 0 Å². The monoisotopic (exact) mass is 320 g/mol. The number of phenolic OH excluding ortho intramolecular Hbond substituents is 2. The number of aromatic hydroxyl groups is 2. The van der Waals surface area contributed by atoms with Gasteiger partial charge in [0.25, 0.3) is 0 Å². The molecule has 0 atom stereocenters. The Bertz CT molecular complexity index is 865. The fourth-order valence-electron chi connectivity index (χ4n) is 2.55. The van der Waals surface area contributed by atoms with E-state index in [9.17, 15) is 18.6 Å². The zero-order chi connectivity index (χ0) is 16.8. The fourth-order valence-corrected chi connectivity index (χ4v) is 4.47. The van der Waals surface area contributed by atoms with Crippen molar-refractivity contribution in [2.45, 2.75) is 44.4 Å². The highest BCUT2D eigenvalue weighted by Crippen LogP contribution is 2.37. The highest BCUT2D eigenvalue weighted by Gasteiger charge is 2.27. The molecule has 0 amide bonds. The van der Waals surface area contributed by atoms with Crippen LogP contribution in [0, 0.1) is 34.6 Å². The number of aryl methyl sites for hydroxylation is 2. The van der Waals surface area contributed by atoms with Gasteiger partial charge in [-0.05, 0) is 74.6 Å². The van der Waals surface area contributed by atoms with Crippen molar-refractivity contribution in [3.63, 3.8) is 0 Å². The Balaban J connectivity index is 2.83. The van der Waals surface area contributed by atoms with Gasteiger partial charge in [-0.1, -0.05) is 6.07 Å². The molecule has 0 saturated heterocycles. The Hall–Kier alpha value is -2.01. The van der Waals surface area contributed by atoms with Crippen LogP contribution in [0.15, 0.2) is 28.0 Å². The first kappa shape index (κ1) is 16.4. The van der Waals surface area contributed by atoms with Crippen molar-refractivity contribution < 1.29 is 18.6 Å². The normalized spacial score (nSPS) is 11.7. The number of phenols is 2. The molecule has 2 N–H and O–H groups in total. The average molecular weight is 320 g/mol. The van der Waals surface area contributed by atoms with Crippen molar-refractivity contribution in [3.8, 4) is 11.5 Å². The van der Waals surface area contributed by atoms with Gasteiger partial charge in [0.05, 0.1) is 4.90 Å². The molecule has 0 aromatic heterocycles. The smallest absolute Gasteiger partial charge is 0.210 e. The first-order chi connectivity index (χ1) is 10.1. The lowest BCUT2D eigenvalue weighted by Gasteiger charge is -2.16. The van der Waals surface area contributed by atoms with Crippen LogP contribution in [0.3, 0.4) is 0 Å². The van der Waals surface area contributed by atoms with Gasteiger partial charge < -0.3 is 10.2 Å². The number of hydrogen-bond acceptors (Lipinski definition) is 4. The standard InChI is InChI=1S/C17H20O4S/c1-9-6-7-15(16(19)11(9)3)22(20,21)17-10(2)8-14(18)12(4)13(17)5/h6-8,18-19H,1-5H3. The molecular formula is C17H20O4S. The van der Waals surface area contributed by atoms with Crippen LogP contribution < -0.4 is 0 Å². The topological polar surface area (TPSA) is 74.6 Å². The molecule has 2 aromatic carbocycles. The summed E-state index contributed by atoms with van der Waals surface area (Å²) in [5.41, 5.74) is 2.85. The first-order valence-corrected chi connectivity index (χ1v) is 8.41. The zero-order valence-electron chi connectivity index (χ0n) is 13.4. The Morgan fingerprint density at radius 2 is 1.41 bits per heavy atom. The third-order valence-electron chi connectivity index (χ3n) is 4.22. The van der Waals surface area contributed by atoms with E-state index in [-0.39, 0.29) is 21.3 Å². The second-order valence-corrected chi connectivity index (χ2v) is 7.50. The summed E-state index contributed by atoms with van der Waals surface area (Å²) in [4.78, 5) is 0.0354. The van der Waals surface area contributed by atoms with Crippen molar-refractivity contribution in [2.75, 3.05) is 0 Å². The van der Waals surface area contributed by atoms with Crippen molar-refractivity contribution in [1.82, 2.24) is 0 Å². The Kier molecular flexibility index (Phi) is 3.96. The van der Waals surface area contributed by atoms with E-state index in [4.69, 9.17) is 0 Å². The van der Waals surface area contributed by atoms with Gasteiger partial charge in [-0.15, -0.1) is 0 Å². The fraction of sp³-hybridized carbons (Fsp3) is 0.294. The van der Waals surface area contributed by atoms with Crippen LogP contribution in [0.1, 0.15) is 27.8 Å². The summed E-state index contributed by atoms with van der Waals surface area (Å²) in [6.45, 7) is 8.46. The second-order valence-electron chi connectivity index (χ2n) is 5.65. The van der Waals surface area contributed by atoms with Crippen molar-refractivity contribution >= 4 is 9.84 Å². The maximum Gasteiger partial charge on any atom is 0.210 e. The Labute approximate surface area is 131 Å². The highest BCUT2D eigenvalue weighted by atomic mass is 32.2. The third-order valence-corrected chi connectivity index (χ3v) is 6.30. The molecule has 2 aromatic rings. The zero-order valence-corrected chi connectivity index (χ0v) is 14.2. The minimum atomic E-state index is -3.87. The molecule has 0 radical (unpaired) electrons. The molecule has 5 heteroatoms. The van der Waals surface area contributed by atoms with E-state index < -0.39 is 9.84 Å². The maximum absolute atomic E-state index is 13.0. The molecule has 0 aliphatic heterocycles. The van der Waals surface area contributed by atoms with E-state index in [2.05, 4.69) is 0 Å². The molecule has 0 aliphatic rings. The van der Waals surface area contributed by atoms with Gasteiger partial charge in [-0.3, -0.25) is 0 Å². The second kappa shape index (κ2) is 5.32. The third kappa shape index (κ3) is 2.35. The quantitative estimate of drug-likeness (QED) is 0.888. The maximum atomic E-state index is 13.0. The van der Waals surface area contributed by atoms with Crippen LogP contribution in [0.2, 0.25) is 0 Å². The van der Waals surface area contributed by atoms with Crippen LogP contribution >= 0.6 is 0 Å². The van der Waals surface area contributed by atoms with E-state index in [0.29, 0.717) is 22.3 Å². The van der Waals surface area contributed by atoms with Gasteiger partial charge in [-0.2, -0.15) is 0 Å². The van der Waals surface area contributed by atoms with Gasteiger partial charge in [0.15, 0.2) is 0 Å². The molecule has 4 nitrogen and oxygen atoms in total. The van der Waals surface area contributed by atoms with Gasteiger partial charge in [0.1, 0.15) is 16.4 Å². The molecule has 0 unspecified atom stereocenters. The molecule has 0 saturated carbocycles. The van der Waals surface area contributed by atoms with Crippen molar-refractivity contribution in [3.05, 3.63) is 46.0 Å². The highest BCUT2D eigenvalue weighted by molar-refractivity contribution is 7.91. The predicted octanol–water partition coefficient (Wildman–Crippen LogP) is 3.47. The number of benzene rings is 2. The molecule has 0 bridgehead atoms. The van der Waals surface area contributed by atoms with Crippen molar-refractivity contribution in [1.29, 1.82) is 0 Å². The Morgan fingerprint density at radius 3 is 2.00 bits per heavy atom. The van der Waals surface area contributed by atoms with Crippen molar-refractivity contribution in [2.24, 2.45) is 0 Å². The van der Waals surface area contributed by atoms with Crippen LogP contribution in [0.25, 0.3) is 0 Å². The van der Waals surface area contributed by atoms with Gasteiger partial charge in [0.2, 0.25) is 9.84 Å². The SMILES string of the molecule is Cc1ccc(S(=O)(=O)c2c(C)cc(O)c(C)c2C)c(O)c1C. The van der Waals surface area contributed by atoms with E-state index in [1.807, 2.05) is 6.92 Å². The summed E-state index contributed by atoms with van der Waals surface area (Å²) in [7, 11) is -3.87. The molecule has 118 valence electrons. The summed E-state index contributed by atoms with van der Waals surface area (Å²) in [6.07, 6.45) is 0. The summed E-state index contributed by atoms with van der Waals surface area (Å²) in [5.74, 6) is -0.150. The van der Waals surface area contributed by atoms with Crippen LogP contribution in [-0.4, -0.2) is 18.6 Å². The molecule has 0 fully saturated rings. The van der Waals surface area contributed by atoms with E-state index in [1.54, 1.807) is 33.8 Å². The first-order valence-electron chi connectivity index (χ1n) is 6.93. The number of sulfone groups is 1.